The average molecular weight is 230 g/mol. The smallest absolute Gasteiger partial charge is 0.298 e. The van der Waals surface area contributed by atoms with Crippen LogP contribution in [0.5, 0.6) is 0 Å². The average Bonchev–Trinajstić information content (AvgIpc) is 2.14. The molecule has 0 bridgehead atoms. The lowest BCUT2D eigenvalue weighted by molar-refractivity contribution is -0.138. The zero-order valence-corrected chi connectivity index (χ0v) is 8.68. The van der Waals surface area contributed by atoms with E-state index in [-0.39, 0.29) is 17.4 Å². The molecule has 0 amide bonds. The summed E-state index contributed by atoms with van der Waals surface area (Å²) in [6, 6.07) is 2.42. The molecule has 0 aliphatic heterocycles. The second-order valence-corrected chi connectivity index (χ2v) is 3.39. The minimum Gasteiger partial charge on any atom is -0.298 e. The lowest BCUT2D eigenvalue weighted by Crippen LogP contribution is -2.14. The molecule has 1 rings (SSSR count). The maximum atomic E-state index is 12.7. The first-order valence-electron chi connectivity index (χ1n) is 4.46. The van der Waals surface area contributed by atoms with Crippen LogP contribution in [0.3, 0.4) is 0 Å². The van der Waals surface area contributed by atoms with Crippen molar-refractivity contribution in [3.8, 4) is 0 Å². The summed E-state index contributed by atoms with van der Waals surface area (Å²) in [7, 11) is 0. The third-order valence-corrected chi connectivity index (χ3v) is 2.23. The molecule has 0 aliphatic rings. The monoisotopic (exact) mass is 230 g/mol. The van der Waals surface area contributed by atoms with Crippen LogP contribution in [-0.2, 0) is 6.18 Å². The van der Waals surface area contributed by atoms with Crippen molar-refractivity contribution >= 4 is 12.1 Å². The van der Waals surface area contributed by atoms with E-state index in [0.717, 1.165) is 6.92 Å². The number of alkyl halides is 3. The molecule has 86 valence electrons. The van der Waals surface area contributed by atoms with E-state index < -0.39 is 23.1 Å². The number of carbonyl (C=O) groups is 2. The molecule has 5 heteroatoms. The Morgan fingerprint density at radius 3 is 2.25 bits per heavy atom. The van der Waals surface area contributed by atoms with E-state index in [4.69, 9.17) is 0 Å². The zero-order valence-electron chi connectivity index (χ0n) is 8.68. The number of ketones is 1. The van der Waals surface area contributed by atoms with Gasteiger partial charge in [0.15, 0.2) is 12.1 Å². The van der Waals surface area contributed by atoms with Crippen molar-refractivity contribution in [3.63, 3.8) is 0 Å². The van der Waals surface area contributed by atoms with Gasteiger partial charge in [0.2, 0.25) is 0 Å². The van der Waals surface area contributed by atoms with Gasteiger partial charge in [-0.1, -0.05) is 12.1 Å². The van der Waals surface area contributed by atoms with Crippen LogP contribution in [-0.4, -0.2) is 12.1 Å². The normalized spacial score (nSPS) is 11.3. The van der Waals surface area contributed by atoms with Crippen LogP contribution in [0.25, 0.3) is 0 Å². The maximum Gasteiger partial charge on any atom is 0.417 e. The summed E-state index contributed by atoms with van der Waals surface area (Å²) in [5.41, 5.74) is -1.89. The summed E-state index contributed by atoms with van der Waals surface area (Å²) in [4.78, 5) is 21.8. The molecule has 1 aromatic carbocycles. The van der Waals surface area contributed by atoms with Crippen LogP contribution in [0.15, 0.2) is 12.1 Å². The Balaban J connectivity index is 3.64. The van der Waals surface area contributed by atoms with Gasteiger partial charge in [-0.15, -0.1) is 0 Å². The molecule has 0 aliphatic carbocycles. The lowest BCUT2D eigenvalue weighted by atomic mass is 9.95. The Kier molecular flexibility index (Phi) is 3.16. The second-order valence-electron chi connectivity index (χ2n) is 3.39. The third kappa shape index (κ3) is 2.13. The molecule has 0 atom stereocenters. The molecule has 0 spiro atoms. The third-order valence-electron chi connectivity index (χ3n) is 2.23. The highest BCUT2D eigenvalue weighted by molar-refractivity contribution is 6.02. The summed E-state index contributed by atoms with van der Waals surface area (Å²) in [5.74, 6) is -0.562. The van der Waals surface area contributed by atoms with Crippen LogP contribution < -0.4 is 0 Å². The van der Waals surface area contributed by atoms with Crippen molar-refractivity contribution in [3.05, 3.63) is 34.4 Å². The van der Waals surface area contributed by atoms with Gasteiger partial charge in [-0.05, 0) is 19.4 Å². The predicted molar refractivity (Wildman–Crippen MR) is 51.6 cm³/mol. The van der Waals surface area contributed by atoms with Crippen LogP contribution in [0.2, 0.25) is 0 Å². The number of hydrogen-bond acceptors (Lipinski definition) is 2. The molecule has 2 nitrogen and oxygen atoms in total. The van der Waals surface area contributed by atoms with Crippen LogP contribution >= 0.6 is 0 Å². The summed E-state index contributed by atoms with van der Waals surface area (Å²) in [6.45, 7) is 2.37. The number of benzene rings is 1. The Hall–Kier alpha value is -1.65. The molecule has 0 radical (unpaired) electrons. The Bertz CT molecular complexity index is 447. The minimum atomic E-state index is -4.63. The number of carbonyl (C=O) groups excluding carboxylic acids is 2. The highest BCUT2D eigenvalue weighted by atomic mass is 19.4. The van der Waals surface area contributed by atoms with Gasteiger partial charge < -0.3 is 0 Å². The number of halogens is 3. The fraction of sp³-hybridized carbons (Fsp3) is 0.273. The van der Waals surface area contributed by atoms with Gasteiger partial charge in [0.1, 0.15) is 0 Å². The van der Waals surface area contributed by atoms with Gasteiger partial charge in [-0.25, -0.2) is 0 Å². The Morgan fingerprint density at radius 1 is 1.31 bits per heavy atom. The molecule has 0 unspecified atom stereocenters. The molecule has 0 fully saturated rings. The van der Waals surface area contributed by atoms with Gasteiger partial charge in [-0.2, -0.15) is 13.2 Å². The molecule has 0 aromatic heterocycles. The van der Waals surface area contributed by atoms with E-state index in [2.05, 4.69) is 0 Å². The van der Waals surface area contributed by atoms with E-state index in [1.165, 1.54) is 19.1 Å². The maximum absolute atomic E-state index is 12.7. The largest absolute Gasteiger partial charge is 0.417 e. The van der Waals surface area contributed by atoms with E-state index in [0.29, 0.717) is 0 Å². The standard InChI is InChI=1S/C11H9F3O2/c1-6-3-4-8(7(2)16)9(5-15)10(6)11(12,13)14/h3-5H,1-2H3. The van der Waals surface area contributed by atoms with Crippen LogP contribution in [0.1, 0.15) is 38.8 Å². The van der Waals surface area contributed by atoms with Gasteiger partial charge in [-0.3, -0.25) is 9.59 Å². The molecule has 0 heterocycles. The molecular weight excluding hydrogens is 221 g/mol. The SMILES string of the molecule is CC(=O)c1ccc(C)c(C(F)(F)F)c1C=O. The second kappa shape index (κ2) is 4.08. The quantitative estimate of drug-likeness (QED) is 0.578. The number of rotatable bonds is 2. The summed E-state index contributed by atoms with van der Waals surface area (Å²) in [6.07, 6.45) is -4.56. The lowest BCUT2D eigenvalue weighted by Gasteiger charge is -2.14. The number of aldehydes is 1. The zero-order chi connectivity index (χ0) is 12.5. The van der Waals surface area contributed by atoms with E-state index in [1.807, 2.05) is 0 Å². The molecule has 16 heavy (non-hydrogen) atoms. The van der Waals surface area contributed by atoms with Gasteiger partial charge >= 0.3 is 6.18 Å². The van der Waals surface area contributed by atoms with E-state index >= 15 is 0 Å². The van der Waals surface area contributed by atoms with E-state index in [9.17, 15) is 22.8 Å². The summed E-state index contributed by atoms with van der Waals surface area (Å²) in [5, 5.41) is 0. The molecule has 0 saturated carbocycles. The number of aryl methyl sites for hydroxylation is 1. The molecule has 0 N–H and O–H groups in total. The van der Waals surface area contributed by atoms with Gasteiger partial charge in [0.25, 0.3) is 0 Å². The first-order chi connectivity index (χ1) is 7.29. The minimum absolute atomic E-state index is 0.0698. The van der Waals surface area contributed by atoms with Crippen molar-refractivity contribution in [2.45, 2.75) is 20.0 Å². The van der Waals surface area contributed by atoms with Crippen LogP contribution in [0.4, 0.5) is 13.2 Å². The van der Waals surface area contributed by atoms with Gasteiger partial charge in [0, 0.05) is 11.1 Å². The fourth-order valence-electron chi connectivity index (χ4n) is 1.53. The predicted octanol–water partition coefficient (Wildman–Crippen LogP) is 3.03. The Morgan fingerprint density at radius 2 is 1.88 bits per heavy atom. The first-order valence-corrected chi connectivity index (χ1v) is 4.46. The topological polar surface area (TPSA) is 34.1 Å². The molecule has 1 aromatic rings. The highest BCUT2D eigenvalue weighted by Crippen LogP contribution is 2.35. The van der Waals surface area contributed by atoms with Crippen molar-refractivity contribution in [2.24, 2.45) is 0 Å². The summed E-state index contributed by atoms with van der Waals surface area (Å²) < 4.78 is 38.0. The van der Waals surface area contributed by atoms with Crippen molar-refractivity contribution in [2.75, 3.05) is 0 Å². The number of Topliss-reactive ketones (excluding diaryl/α,β-unsaturated/α-hetero) is 1. The van der Waals surface area contributed by atoms with E-state index in [1.54, 1.807) is 0 Å². The Labute approximate surface area is 90.1 Å². The summed E-state index contributed by atoms with van der Waals surface area (Å²) >= 11 is 0. The number of hydrogen-bond donors (Lipinski definition) is 0. The molecular formula is C11H9F3O2. The first kappa shape index (κ1) is 12.4. The van der Waals surface area contributed by atoms with Crippen molar-refractivity contribution < 1.29 is 22.8 Å². The van der Waals surface area contributed by atoms with Gasteiger partial charge in [0.05, 0.1) is 5.56 Å². The van der Waals surface area contributed by atoms with Crippen LogP contribution in [0, 0.1) is 6.92 Å². The van der Waals surface area contributed by atoms with Crippen molar-refractivity contribution in [1.29, 1.82) is 0 Å². The van der Waals surface area contributed by atoms with Crippen molar-refractivity contribution in [1.82, 2.24) is 0 Å². The fourth-order valence-corrected chi connectivity index (χ4v) is 1.53. The highest BCUT2D eigenvalue weighted by Gasteiger charge is 2.36. The molecule has 0 saturated heterocycles.